The second-order valence-corrected chi connectivity index (χ2v) is 6.54. The van der Waals surface area contributed by atoms with Crippen molar-refractivity contribution in [2.24, 2.45) is 5.92 Å². The van der Waals surface area contributed by atoms with E-state index in [1.165, 1.54) is 6.42 Å². The Morgan fingerprint density at radius 1 is 1.08 bits per heavy atom. The second kappa shape index (κ2) is 10.0. The van der Waals surface area contributed by atoms with Gasteiger partial charge >= 0.3 is 5.97 Å². The molecule has 1 aliphatic carbocycles. The Hall–Kier alpha value is -2.24. The molecule has 1 amide bonds. The molecule has 0 saturated heterocycles. The highest BCUT2D eigenvalue weighted by atomic mass is 16.5. The lowest BCUT2D eigenvalue weighted by atomic mass is 9.86. The van der Waals surface area contributed by atoms with E-state index in [2.05, 4.69) is 12.2 Å². The van der Waals surface area contributed by atoms with E-state index in [1.807, 2.05) is 13.8 Å². The van der Waals surface area contributed by atoms with Crippen molar-refractivity contribution in [3.8, 4) is 11.5 Å². The van der Waals surface area contributed by atoms with Gasteiger partial charge in [-0.3, -0.25) is 4.79 Å². The molecule has 0 radical (unpaired) electrons. The van der Waals surface area contributed by atoms with Gasteiger partial charge in [0, 0.05) is 6.04 Å². The molecule has 0 aromatic heterocycles. The van der Waals surface area contributed by atoms with Crippen molar-refractivity contribution in [1.29, 1.82) is 0 Å². The van der Waals surface area contributed by atoms with Gasteiger partial charge in [0.15, 0.2) is 18.1 Å². The summed E-state index contributed by atoms with van der Waals surface area (Å²) >= 11 is 0. The van der Waals surface area contributed by atoms with Crippen LogP contribution in [0.5, 0.6) is 11.5 Å². The van der Waals surface area contributed by atoms with Crippen molar-refractivity contribution in [2.45, 2.75) is 52.5 Å². The topological polar surface area (TPSA) is 73.9 Å². The Morgan fingerprint density at radius 3 is 2.46 bits per heavy atom. The smallest absolute Gasteiger partial charge is 0.338 e. The molecule has 0 aliphatic heterocycles. The number of nitrogens with one attached hydrogen (secondary N) is 1. The highest BCUT2D eigenvalue weighted by Gasteiger charge is 2.23. The van der Waals surface area contributed by atoms with E-state index >= 15 is 0 Å². The van der Waals surface area contributed by atoms with Crippen LogP contribution in [-0.4, -0.2) is 37.7 Å². The number of carbonyl (C=O) groups excluding carboxylic acids is 2. The molecule has 1 aromatic rings. The summed E-state index contributed by atoms with van der Waals surface area (Å²) in [5.41, 5.74) is 0.329. The van der Waals surface area contributed by atoms with Gasteiger partial charge in [-0.25, -0.2) is 4.79 Å². The standard InChI is InChI=1S/C20H29NO5/c1-4-24-17-11-10-15(12-18(17)25-5-2)20(23)26-13-19(22)21-16-9-7-6-8-14(16)3/h10-12,14,16H,4-9,13H2,1-3H3,(H,21,22)/t14-,16+/m1/s1. The molecule has 2 atom stereocenters. The number of hydrogen-bond acceptors (Lipinski definition) is 5. The summed E-state index contributed by atoms with van der Waals surface area (Å²) in [7, 11) is 0. The van der Waals surface area contributed by atoms with Gasteiger partial charge in [0.05, 0.1) is 18.8 Å². The third-order valence-electron chi connectivity index (χ3n) is 4.57. The van der Waals surface area contributed by atoms with E-state index in [0.717, 1.165) is 19.3 Å². The Kier molecular flexibility index (Phi) is 7.75. The van der Waals surface area contributed by atoms with Crippen molar-refractivity contribution in [1.82, 2.24) is 5.32 Å². The Labute approximate surface area is 155 Å². The monoisotopic (exact) mass is 363 g/mol. The summed E-state index contributed by atoms with van der Waals surface area (Å²) in [4.78, 5) is 24.3. The van der Waals surface area contributed by atoms with E-state index in [1.54, 1.807) is 18.2 Å². The number of esters is 1. The fraction of sp³-hybridized carbons (Fsp3) is 0.600. The maximum Gasteiger partial charge on any atom is 0.338 e. The van der Waals surface area contributed by atoms with E-state index < -0.39 is 5.97 Å². The number of hydrogen-bond donors (Lipinski definition) is 1. The van der Waals surface area contributed by atoms with Gasteiger partial charge < -0.3 is 19.5 Å². The van der Waals surface area contributed by atoms with E-state index in [-0.39, 0.29) is 18.6 Å². The van der Waals surface area contributed by atoms with Crippen molar-refractivity contribution < 1.29 is 23.8 Å². The summed E-state index contributed by atoms with van der Waals surface area (Å²) in [5, 5.41) is 2.97. The zero-order valence-electron chi connectivity index (χ0n) is 15.9. The van der Waals surface area contributed by atoms with Crippen LogP contribution in [0.2, 0.25) is 0 Å². The number of rotatable bonds is 8. The zero-order valence-corrected chi connectivity index (χ0v) is 15.9. The molecule has 0 spiro atoms. The van der Waals surface area contributed by atoms with Crippen LogP contribution in [0.3, 0.4) is 0 Å². The first kappa shape index (κ1) is 20.1. The summed E-state index contributed by atoms with van der Waals surface area (Å²) in [6, 6.07) is 5.04. The SMILES string of the molecule is CCOc1ccc(C(=O)OCC(=O)N[C@H]2CCCC[C@H]2C)cc1OCC. The molecule has 1 fully saturated rings. The van der Waals surface area contributed by atoms with Crippen molar-refractivity contribution in [3.05, 3.63) is 23.8 Å². The van der Waals surface area contributed by atoms with Gasteiger partial charge in [0.2, 0.25) is 0 Å². The molecule has 1 aromatic carbocycles. The molecule has 26 heavy (non-hydrogen) atoms. The fourth-order valence-corrected chi connectivity index (χ4v) is 3.17. The van der Waals surface area contributed by atoms with Crippen molar-refractivity contribution in [3.63, 3.8) is 0 Å². The maximum absolute atomic E-state index is 12.2. The Balaban J connectivity index is 1.90. The average molecular weight is 363 g/mol. The first-order valence-electron chi connectivity index (χ1n) is 9.41. The number of ether oxygens (including phenoxy) is 3. The number of carbonyl (C=O) groups is 2. The van der Waals surface area contributed by atoms with Crippen LogP contribution in [-0.2, 0) is 9.53 Å². The first-order valence-corrected chi connectivity index (χ1v) is 9.41. The highest BCUT2D eigenvalue weighted by Crippen LogP contribution is 2.29. The van der Waals surface area contributed by atoms with Gasteiger partial charge in [0.1, 0.15) is 0 Å². The molecular formula is C20H29NO5. The predicted molar refractivity (Wildman–Crippen MR) is 98.6 cm³/mol. The quantitative estimate of drug-likeness (QED) is 0.717. The summed E-state index contributed by atoms with van der Waals surface area (Å²) < 4.78 is 16.1. The molecule has 0 unspecified atom stereocenters. The molecule has 0 bridgehead atoms. The van der Waals surface area contributed by atoms with Crippen LogP contribution in [0, 0.1) is 5.92 Å². The lowest BCUT2D eigenvalue weighted by molar-refractivity contribution is -0.125. The van der Waals surface area contributed by atoms with Crippen LogP contribution < -0.4 is 14.8 Å². The minimum absolute atomic E-state index is 0.171. The molecular weight excluding hydrogens is 334 g/mol. The molecule has 0 heterocycles. The van der Waals surface area contributed by atoms with Crippen LogP contribution in [0.1, 0.15) is 56.8 Å². The van der Waals surface area contributed by atoms with Gasteiger partial charge in [-0.05, 0) is 50.8 Å². The highest BCUT2D eigenvalue weighted by molar-refractivity contribution is 5.92. The minimum atomic E-state index is -0.555. The van der Waals surface area contributed by atoms with Gasteiger partial charge in [0.25, 0.3) is 5.91 Å². The van der Waals surface area contributed by atoms with E-state index in [0.29, 0.717) is 36.2 Å². The molecule has 144 valence electrons. The largest absolute Gasteiger partial charge is 0.490 e. The average Bonchev–Trinajstić information content (AvgIpc) is 2.63. The van der Waals surface area contributed by atoms with Crippen molar-refractivity contribution in [2.75, 3.05) is 19.8 Å². The molecule has 1 N–H and O–H groups in total. The summed E-state index contributed by atoms with van der Waals surface area (Å²) in [5.74, 6) is 0.719. The molecule has 1 saturated carbocycles. The van der Waals surface area contributed by atoms with Crippen LogP contribution in [0.15, 0.2) is 18.2 Å². The first-order chi connectivity index (χ1) is 12.5. The van der Waals surface area contributed by atoms with Crippen LogP contribution >= 0.6 is 0 Å². The van der Waals surface area contributed by atoms with Gasteiger partial charge in [-0.1, -0.05) is 19.8 Å². The lowest BCUT2D eigenvalue weighted by Crippen LogP contribution is -2.42. The third-order valence-corrected chi connectivity index (χ3v) is 4.57. The maximum atomic E-state index is 12.2. The number of amides is 1. The molecule has 1 aliphatic rings. The number of benzene rings is 1. The molecule has 2 rings (SSSR count). The lowest BCUT2D eigenvalue weighted by Gasteiger charge is -2.29. The molecule has 6 nitrogen and oxygen atoms in total. The third kappa shape index (κ3) is 5.64. The summed E-state index contributed by atoms with van der Waals surface area (Å²) in [6.45, 7) is 6.57. The Bertz CT molecular complexity index is 616. The normalized spacial score (nSPS) is 19.5. The van der Waals surface area contributed by atoms with Crippen LogP contribution in [0.25, 0.3) is 0 Å². The second-order valence-electron chi connectivity index (χ2n) is 6.54. The van der Waals surface area contributed by atoms with Crippen molar-refractivity contribution >= 4 is 11.9 Å². The Morgan fingerprint density at radius 2 is 1.77 bits per heavy atom. The van der Waals surface area contributed by atoms with Crippen LogP contribution in [0.4, 0.5) is 0 Å². The van der Waals surface area contributed by atoms with E-state index in [9.17, 15) is 9.59 Å². The predicted octanol–water partition coefficient (Wildman–Crippen LogP) is 3.34. The molecule has 6 heteroatoms. The van der Waals surface area contributed by atoms with Gasteiger partial charge in [-0.2, -0.15) is 0 Å². The van der Waals surface area contributed by atoms with E-state index in [4.69, 9.17) is 14.2 Å². The fourth-order valence-electron chi connectivity index (χ4n) is 3.17. The minimum Gasteiger partial charge on any atom is -0.490 e. The summed E-state index contributed by atoms with van der Waals surface area (Å²) in [6.07, 6.45) is 4.44. The van der Waals surface area contributed by atoms with Gasteiger partial charge in [-0.15, -0.1) is 0 Å². The zero-order chi connectivity index (χ0) is 18.9.